The maximum atomic E-state index is 12.1. The van der Waals surface area contributed by atoms with Crippen LogP contribution in [-0.4, -0.2) is 23.0 Å². The highest BCUT2D eigenvalue weighted by atomic mass is 79.9. The predicted molar refractivity (Wildman–Crippen MR) is 101 cm³/mol. The second-order valence-electron chi connectivity index (χ2n) is 4.88. The third-order valence-electron chi connectivity index (χ3n) is 2.99. The molecule has 1 amide bonds. The zero-order valence-electron chi connectivity index (χ0n) is 13.2. The van der Waals surface area contributed by atoms with Gasteiger partial charge in [0.25, 0.3) is 11.6 Å². The van der Waals surface area contributed by atoms with Crippen molar-refractivity contribution in [1.29, 1.82) is 0 Å². The number of para-hydroxylation sites is 1. The third-order valence-corrected chi connectivity index (χ3v) is 4.17. The number of rotatable bonds is 5. The lowest BCUT2D eigenvalue weighted by molar-refractivity contribution is -0.385. The number of nitrogens with one attached hydrogen (secondary N) is 1. The molecule has 2 aromatic rings. The highest BCUT2D eigenvalue weighted by Crippen LogP contribution is 2.34. The standard InChI is InChI=1S/C16H11Br2N3O5/c1-9(22)26-15-12(17)6-10(7-13(15)18)8-19-20-16(23)11-4-2-3-5-14(11)21(24)25/h2-8H,1H3,(H,20,23)/b19-8-. The summed E-state index contributed by atoms with van der Waals surface area (Å²) in [6, 6.07) is 8.82. The fourth-order valence-corrected chi connectivity index (χ4v) is 3.33. The maximum Gasteiger partial charge on any atom is 0.308 e. The second-order valence-corrected chi connectivity index (χ2v) is 6.59. The minimum Gasteiger partial charge on any atom is -0.424 e. The van der Waals surface area contributed by atoms with Crippen molar-refractivity contribution < 1.29 is 19.2 Å². The van der Waals surface area contributed by atoms with Crippen molar-refractivity contribution in [1.82, 2.24) is 5.43 Å². The van der Waals surface area contributed by atoms with E-state index in [2.05, 4.69) is 42.4 Å². The fraction of sp³-hybridized carbons (Fsp3) is 0.0625. The summed E-state index contributed by atoms with van der Waals surface area (Å²) in [5.74, 6) is -0.855. The minimum atomic E-state index is -0.705. The first kappa shape index (κ1) is 19.7. The molecule has 0 heterocycles. The highest BCUT2D eigenvalue weighted by Gasteiger charge is 2.18. The second kappa shape index (κ2) is 8.68. The Kier molecular flexibility index (Phi) is 6.58. The number of ether oxygens (including phenoxy) is 1. The van der Waals surface area contributed by atoms with Crippen LogP contribution in [-0.2, 0) is 4.79 Å². The molecule has 0 fully saturated rings. The van der Waals surface area contributed by atoms with Crippen LogP contribution in [0.5, 0.6) is 5.75 Å². The van der Waals surface area contributed by atoms with Crippen molar-refractivity contribution in [3.05, 3.63) is 66.6 Å². The first-order valence-electron chi connectivity index (χ1n) is 7.04. The Hall–Kier alpha value is -2.59. The van der Waals surface area contributed by atoms with Crippen LogP contribution >= 0.6 is 31.9 Å². The number of nitrogens with zero attached hydrogens (tertiary/aromatic N) is 2. The van der Waals surface area contributed by atoms with E-state index in [1.54, 1.807) is 12.1 Å². The zero-order chi connectivity index (χ0) is 19.3. The summed E-state index contributed by atoms with van der Waals surface area (Å²) in [5, 5.41) is 14.7. The van der Waals surface area contributed by atoms with Crippen LogP contribution in [0.4, 0.5) is 5.69 Å². The van der Waals surface area contributed by atoms with Gasteiger partial charge in [-0.1, -0.05) is 12.1 Å². The normalized spacial score (nSPS) is 10.6. The van der Waals surface area contributed by atoms with Crippen LogP contribution in [0.1, 0.15) is 22.8 Å². The van der Waals surface area contributed by atoms with Crippen molar-refractivity contribution in [3.8, 4) is 5.75 Å². The number of carbonyl (C=O) groups excluding carboxylic acids is 2. The summed E-state index contributed by atoms with van der Waals surface area (Å²) in [7, 11) is 0. The lowest BCUT2D eigenvalue weighted by Gasteiger charge is -2.07. The number of carbonyl (C=O) groups is 2. The van der Waals surface area contributed by atoms with E-state index in [1.807, 2.05) is 0 Å². The van der Waals surface area contributed by atoms with Gasteiger partial charge in [-0.05, 0) is 55.6 Å². The Bertz CT molecular complexity index is 892. The van der Waals surface area contributed by atoms with Crippen LogP contribution in [0.15, 0.2) is 50.4 Å². The summed E-state index contributed by atoms with van der Waals surface area (Å²) < 4.78 is 6.07. The van der Waals surface area contributed by atoms with Crippen LogP contribution in [0.3, 0.4) is 0 Å². The molecule has 0 saturated carbocycles. The molecule has 2 rings (SSSR count). The van der Waals surface area contributed by atoms with Gasteiger partial charge in [0.05, 0.1) is 20.1 Å². The molecule has 0 saturated heterocycles. The average molecular weight is 485 g/mol. The van der Waals surface area contributed by atoms with Gasteiger partial charge in [0.15, 0.2) is 5.75 Å². The molecule has 0 atom stereocenters. The van der Waals surface area contributed by atoms with Crippen LogP contribution in [0.25, 0.3) is 0 Å². The Labute approximate surface area is 164 Å². The molecule has 0 aliphatic rings. The molecule has 1 N–H and O–H groups in total. The summed E-state index contributed by atoms with van der Waals surface area (Å²) in [4.78, 5) is 33.4. The Morgan fingerprint density at radius 3 is 2.42 bits per heavy atom. The quantitative estimate of drug-likeness (QED) is 0.228. The van der Waals surface area contributed by atoms with Gasteiger partial charge in [0.2, 0.25) is 0 Å². The van der Waals surface area contributed by atoms with E-state index in [-0.39, 0.29) is 11.3 Å². The molecular weight excluding hydrogens is 474 g/mol. The summed E-state index contributed by atoms with van der Waals surface area (Å²) in [5.41, 5.74) is 2.42. The number of nitro groups is 1. The van der Waals surface area contributed by atoms with Gasteiger partial charge >= 0.3 is 5.97 Å². The monoisotopic (exact) mass is 483 g/mol. The van der Waals surface area contributed by atoms with Crippen molar-refractivity contribution >= 4 is 55.6 Å². The molecular formula is C16H11Br2N3O5. The number of halogens is 2. The predicted octanol–water partition coefficient (Wildman–Crippen LogP) is 3.81. The molecule has 0 aliphatic heterocycles. The average Bonchev–Trinajstić information content (AvgIpc) is 2.58. The van der Waals surface area contributed by atoms with E-state index in [4.69, 9.17) is 4.74 Å². The van der Waals surface area contributed by atoms with Crippen molar-refractivity contribution in [2.24, 2.45) is 5.10 Å². The fourth-order valence-electron chi connectivity index (χ4n) is 1.95. The van der Waals surface area contributed by atoms with Crippen LogP contribution in [0.2, 0.25) is 0 Å². The van der Waals surface area contributed by atoms with Crippen molar-refractivity contribution in [2.75, 3.05) is 0 Å². The number of hydrogen-bond donors (Lipinski definition) is 1. The van der Waals surface area contributed by atoms with Gasteiger partial charge in [0, 0.05) is 13.0 Å². The number of amides is 1. The van der Waals surface area contributed by atoms with Gasteiger partial charge in [-0.3, -0.25) is 19.7 Å². The third kappa shape index (κ3) is 4.96. The number of nitro benzene ring substituents is 1. The molecule has 0 aliphatic carbocycles. The Balaban J connectivity index is 2.15. The number of hydrogen-bond acceptors (Lipinski definition) is 6. The molecule has 8 nitrogen and oxygen atoms in total. The summed E-state index contributed by atoms with van der Waals surface area (Å²) in [6.07, 6.45) is 1.35. The van der Waals surface area contributed by atoms with E-state index in [0.29, 0.717) is 20.3 Å². The molecule has 0 bridgehead atoms. The highest BCUT2D eigenvalue weighted by molar-refractivity contribution is 9.11. The van der Waals surface area contributed by atoms with E-state index in [1.165, 1.54) is 37.4 Å². The number of esters is 1. The smallest absolute Gasteiger partial charge is 0.308 e. The Morgan fingerprint density at radius 2 is 1.85 bits per heavy atom. The van der Waals surface area contributed by atoms with Crippen LogP contribution in [0, 0.1) is 10.1 Å². The molecule has 134 valence electrons. The van der Waals surface area contributed by atoms with Gasteiger partial charge in [-0.15, -0.1) is 0 Å². The summed E-state index contributed by atoms with van der Waals surface area (Å²) >= 11 is 6.56. The lowest BCUT2D eigenvalue weighted by Crippen LogP contribution is -2.18. The minimum absolute atomic E-state index is 0.0952. The van der Waals surface area contributed by atoms with E-state index >= 15 is 0 Å². The van der Waals surface area contributed by atoms with Crippen molar-refractivity contribution in [2.45, 2.75) is 6.92 Å². The SMILES string of the molecule is CC(=O)Oc1c(Br)cc(/C=N\NC(=O)c2ccccc2[N+](=O)[O-])cc1Br. The molecule has 0 unspecified atom stereocenters. The molecule has 26 heavy (non-hydrogen) atoms. The zero-order valence-corrected chi connectivity index (χ0v) is 16.4. The van der Waals surface area contributed by atoms with E-state index in [9.17, 15) is 19.7 Å². The van der Waals surface area contributed by atoms with E-state index < -0.39 is 16.8 Å². The van der Waals surface area contributed by atoms with Crippen molar-refractivity contribution in [3.63, 3.8) is 0 Å². The molecule has 0 spiro atoms. The van der Waals surface area contributed by atoms with Crippen LogP contribution < -0.4 is 10.2 Å². The topological polar surface area (TPSA) is 111 Å². The van der Waals surface area contributed by atoms with Gasteiger partial charge in [-0.25, -0.2) is 5.43 Å². The Morgan fingerprint density at radius 1 is 1.23 bits per heavy atom. The lowest BCUT2D eigenvalue weighted by atomic mass is 10.2. The molecule has 0 aromatic heterocycles. The summed E-state index contributed by atoms with van der Waals surface area (Å²) in [6.45, 7) is 1.28. The number of hydrazone groups is 1. The van der Waals surface area contributed by atoms with E-state index in [0.717, 1.165) is 0 Å². The maximum absolute atomic E-state index is 12.1. The first-order chi connectivity index (χ1) is 12.3. The molecule has 10 heteroatoms. The first-order valence-corrected chi connectivity index (χ1v) is 8.62. The number of benzene rings is 2. The molecule has 2 aromatic carbocycles. The van der Waals surface area contributed by atoms with Gasteiger partial charge in [-0.2, -0.15) is 5.10 Å². The van der Waals surface area contributed by atoms with Gasteiger partial charge < -0.3 is 4.74 Å². The largest absolute Gasteiger partial charge is 0.424 e. The van der Waals surface area contributed by atoms with Gasteiger partial charge in [0.1, 0.15) is 5.56 Å². The molecule has 0 radical (unpaired) electrons.